The summed E-state index contributed by atoms with van der Waals surface area (Å²) in [5.74, 6) is 0.610. The van der Waals surface area contributed by atoms with E-state index in [4.69, 9.17) is 4.74 Å². The van der Waals surface area contributed by atoms with E-state index in [0.717, 1.165) is 18.8 Å². The van der Waals surface area contributed by atoms with Crippen LogP contribution in [0.5, 0.6) is 0 Å². The Morgan fingerprint density at radius 3 is 2.57 bits per heavy atom. The molecule has 1 atom stereocenters. The average molecular weight is 312 g/mol. The molecule has 2 N–H and O–H groups in total. The second kappa shape index (κ2) is 7.64. The molecule has 0 aromatic heterocycles. The summed E-state index contributed by atoms with van der Waals surface area (Å²) in [4.78, 5) is 13.8. The molecule has 2 aliphatic rings. The lowest BCUT2D eigenvalue weighted by Crippen LogP contribution is -2.43. The molecule has 0 aliphatic carbocycles. The molecule has 1 aromatic carbocycles. The van der Waals surface area contributed by atoms with Crippen LogP contribution in [0.25, 0.3) is 0 Å². The Balaban J connectivity index is 0.00000161. The van der Waals surface area contributed by atoms with Gasteiger partial charge in [0.15, 0.2) is 0 Å². The summed E-state index contributed by atoms with van der Waals surface area (Å²) in [5.41, 5.74) is 2.20. The lowest BCUT2D eigenvalue weighted by atomic mass is 9.98. The smallest absolute Gasteiger partial charge is 0.321 e. The first-order chi connectivity index (χ1) is 9.83. The van der Waals surface area contributed by atoms with Crippen molar-refractivity contribution in [3.8, 4) is 0 Å². The molecule has 5 nitrogen and oxygen atoms in total. The van der Waals surface area contributed by atoms with Gasteiger partial charge in [-0.25, -0.2) is 4.79 Å². The summed E-state index contributed by atoms with van der Waals surface area (Å²) in [5, 5.41) is 6.32. The molecule has 0 radical (unpaired) electrons. The van der Waals surface area contributed by atoms with Crippen LogP contribution in [0.3, 0.4) is 0 Å². The predicted molar refractivity (Wildman–Crippen MR) is 85.3 cm³/mol. The second-order valence-electron chi connectivity index (χ2n) is 5.34. The SMILES string of the molecule is Cl.O=C(Nc1ccc([C@H]2CCNC2)cc1)N1CCOCC1. The summed E-state index contributed by atoms with van der Waals surface area (Å²) in [6.45, 7) is 4.73. The third-order valence-electron chi connectivity index (χ3n) is 3.99. The molecule has 116 valence electrons. The first-order valence-electron chi connectivity index (χ1n) is 7.27. The monoisotopic (exact) mass is 311 g/mol. The van der Waals surface area contributed by atoms with Crippen LogP contribution in [0.2, 0.25) is 0 Å². The third-order valence-corrected chi connectivity index (χ3v) is 3.99. The Morgan fingerprint density at radius 1 is 1.24 bits per heavy atom. The number of nitrogens with zero attached hydrogens (tertiary/aromatic N) is 1. The van der Waals surface area contributed by atoms with Gasteiger partial charge in [-0.05, 0) is 36.6 Å². The van der Waals surface area contributed by atoms with Crippen molar-refractivity contribution < 1.29 is 9.53 Å². The molecule has 1 aromatic rings. The zero-order valence-corrected chi connectivity index (χ0v) is 12.8. The molecule has 2 fully saturated rings. The standard InChI is InChI=1S/C15H21N3O2.ClH/c19-15(18-7-9-20-10-8-18)17-14-3-1-12(2-4-14)13-5-6-16-11-13;/h1-4,13,16H,5-11H2,(H,17,19);1H/t13-;/m0./s1. The van der Waals surface area contributed by atoms with Gasteiger partial charge in [-0.15, -0.1) is 12.4 Å². The van der Waals surface area contributed by atoms with Gasteiger partial charge in [0.25, 0.3) is 0 Å². The topological polar surface area (TPSA) is 53.6 Å². The molecule has 3 rings (SSSR count). The molecule has 21 heavy (non-hydrogen) atoms. The van der Waals surface area contributed by atoms with Crippen molar-refractivity contribution in [3.05, 3.63) is 29.8 Å². The minimum atomic E-state index is -0.0383. The zero-order chi connectivity index (χ0) is 13.8. The van der Waals surface area contributed by atoms with Crippen LogP contribution >= 0.6 is 12.4 Å². The average Bonchev–Trinajstić information content (AvgIpc) is 3.03. The zero-order valence-electron chi connectivity index (χ0n) is 12.0. The quantitative estimate of drug-likeness (QED) is 0.879. The van der Waals surface area contributed by atoms with Gasteiger partial charge < -0.3 is 20.3 Å². The van der Waals surface area contributed by atoms with E-state index in [-0.39, 0.29) is 18.4 Å². The van der Waals surface area contributed by atoms with Crippen molar-refractivity contribution >= 4 is 24.1 Å². The van der Waals surface area contributed by atoms with Crippen LogP contribution < -0.4 is 10.6 Å². The van der Waals surface area contributed by atoms with Crippen molar-refractivity contribution in [3.63, 3.8) is 0 Å². The molecular weight excluding hydrogens is 290 g/mol. The largest absolute Gasteiger partial charge is 0.378 e. The van der Waals surface area contributed by atoms with Gasteiger partial charge in [-0.1, -0.05) is 12.1 Å². The molecule has 6 heteroatoms. The Morgan fingerprint density at radius 2 is 1.95 bits per heavy atom. The van der Waals surface area contributed by atoms with Crippen molar-refractivity contribution in [2.75, 3.05) is 44.7 Å². The predicted octanol–water partition coefficient (Wildman–Crippen LogP) is 2.05. The van der Waals surface area contributed by atoms with E-state index in [1.165, 1.54) is 12.0 Å². The molecule has 2 saturated heterocycles. The van der Waals surface area contributed by atoms with Crippen molar-refractivity contribution in [1.29, 1.82) is 0 Å². The fourth-order valence-corrected chi connectivity index (χ4v) is 2.75. The van der Waals surface area contributed by atoms with Crippen LogP contribution in [-0.4, -0.2) is 50.3 Å². The number of hydrogen-bond donors (Lipinski definition) is 2. The number of carbonyl (C=O) groups excluding carboxylic acids is 1. The number of anilines is 1. The molecule has 2 heterocycles. The van der Waals surface area contributed by atoms with Gasteiger partial charge >= 0.3 is 6.03 Å². The van der Waals surface area contributed by atoms with E-state index in [1.54, 1.807) is 4.90 Å². The van der Waals surface area contributed by atoms with E-state index in [2.05, 4.69) is 22.8 Å². The summed E-state index contributed by atoms with van der Waals surface area (Å²) < 4.78 is 5.25. The number of hydrogen-bond acceptors (Lipinski definition) is 3. The van der Waals surface area contributed by atoms with Crippen LogP contribution in [0, 0.1) is 0 Å². The molecule has 0 bridgehead atoms. The highest BCUT2D eigenvalue weighted by Gasteiger charge is 2.18. The first-order valence-corrected chi connectivity index (χ1v) is 7.27. The Kier molecular flexibility index (Phi) is 5.85. The number of benzene rings is 1. The summed E-state index contributed by atoms with van der Waals surface area (Å²) in [6.07, 6.45) is 1.19. The minimum absolute atomic E-state index is 0. The summed E-state index contributed by atoms with van der Waals surface area (Å²) in [7, 11) is 0. The molecular formula is C15H22ClN3O2. The maximum absolute atomic E-state index is 12.1. The second-order valence-corrected chi connectivity index (χ2v) is 5.34. The van der Waals surface area contributed by atoms with E-state index >= 15 is 0 Å². The maximum Gasteiger partial charge on any atom is 0.321 e. The number of morpholine rings is 1. The number of carbonyl (C=O) groups is 1. The lowest BCUT2D eigenvalue weighted by molar-refractivity contribution is 0.0564. The van der Waals surface area contributed by atoms with Crippen molar-refractivity contribution in [1.82, 2.24) is 10.2 Å². The number of halogens is 1. The van der Waals surface area contributed by atoms with Gasteiger partial charge in [-0.2, -0.15) is 0 Å². The molecule has 2 amide bonds. The van der Waals surface area contributed by atoms with E-state index in [9.17, 15) is 4.79 Å². The maximum atomic E-state index is 12.1. The molecule has 0 saturated carbocycles. The van der Waals surface area contributed by atoms with Gasteiger partial charge in [0.05, 0.1) is 13.2 Å². The van der Waals surface area contributed by atoms with E-state index in [0.29, 0.717) is 32.2 Å². The van der Waals surface area contributed by atoms with E-state index < -0.39 is 0 Å². The summed E-state index contributed by atoms with van der Waals surface area (Å²) in [6, 6.07) is 8.18. The Bertz CT molecular complexity index is 454. The van der Waals surface area contributed by atoms with Crippen LogP contribution in [0.15, 0.2) is 24.3 Å². The third kappa shape index (κ3) is 4.09. The van der Waals surface area contributed by atoms with Gasteiger partial charge in [0.2, 0.25) is 0 Å². The number of rotatable bonds is 2. The number of amides is 2. The molecule has 0 spiro atoms. The molecule has 2 aliphatic heterocycles. The van der Waals surface area contributed by atoms with Crippen LogP contribution in [-0.2, 0) is 4.74 Å². The highest BCUT2D eigenvalue weighted by Crippen LogP contribution is 2.23. The van der Waals surface area contributed by atoms with Crippen molar-refractivity contribution in [2.24, 2.45) is 0 Å². The fraction of sp³-hybridized carbons (Fsp3) is 0.533. The molecule has 0 unspecified atom stereocenters. The number of ether oxygens (including phenoxy) is 1. The van der Waals surface area contributed by atoms with Gasteiger partial charge in [0, 0.05) is 25.3 Å². The first kappa shape index (κ1) is 16.1. The van der Waals surface area contributed by atoms with Crippen LogP contribution in [0.1, 0.15) is 17.9 Å². The van der Waals surface area contributed by atoms with Crippen molar-refractivity contribution in [2.45, 2.75) is 12.3 Å². The number of nitrogens with one attached hydrogen (secondary N) is 2. The Hall–Kier alpha value is -1.30. The van der Waals surface area contributed by atoms with E-state index in [1.807, 2.05) is 12.1 Å². The fourth-order valence-electron chi connectivity index (χ4n) is 2.75. The summed E-state index contributed by atoms with van der Waals surface area (Å²) >= 11 is 0. The number of urea groups is 1. The van der Waals surface area contributed by atoms with Gasteiger partial charge in [0.1, 0.15) is 0 Å². The van der Waals surface area contributed by atoms with Crippen LogP contribution in [0.4, 0.5) is 10.5 Å². The lowest BCUT2D eigenvalue weighted by Gasteiger charge is -2.27. The Labute approximate surface area is 131 Å². The minimum Gasteiger partial charge on any atom is -0.378 e. The normalized spacial score (nSPS) is 21.7. The highest BCUT2D eigenvalue weighted by molar-refractivity contribution is 5.89. The van der Waals surface area contributed by atoms with Gasteiger partial charge in [-0.3, -0.25) is 0 Å². The highest BCUT2D eigenvalue weighted by atomic mass is 35.5.